The summed E-state index contributed by atoms with van der Waals surface area (Å²) in [6.07, 6.45) is 1.98. The van der Waals surface area contributed by atoms with Gasteiger partial charge in [-0.1, -0.05) is 9.24 Å². The molecule has 0 bridgehead atoms. The summed E-state index contributed by atoms with van der Waals surface area (Å²) in [6.45, 7) is 6.26. The van der Waals surface area contributed by atoms with Crippen molar-refractivity contribution in [2.45, 2.75) is 45.1 Å². The lowest BCUT2D eigenvalue weighted by Gasteiger charge is -2.22. The normalized spacial score (nSPS) is 13.0. The Morgan fingerprint density at radius 3 is 2.60 bits per heavy atom. The fourth-order valence-corrected chi connectivity index (χ4v) is 3.50. The lowest BCUT2D eigenvalue weighted by Crippen LogP contribution is -2.30. The van der Waals surface area contributed by atoms with Crippen LogP contribution in [0.2, 0.25) is 0 Å². The van der Waals surface area contributed by atoms with E-state index in [1.165, 1.54) is 26.7 Å². The van der Waals surface area contributed by atoms with Gasteiger partial charge in [-0.25, -0.2) is 4.98 Å². The van der Waals surface area contributed by atoms with Gasteiger partial charge in [0.15, 0.2) is 11.8 Å². The monoisotopic (exact) mass is 499 g/mol. The number of nitriles is 1. The van der Waals surface area contributed by atoms with Crippen molar-refractivity contribution in [1.29, 1.82) is 5.26 Å². The highest BCUT2D eigenvalue weighted by Crippen LogP contribution is 2.33. The zero-order valence-corrected chi connectivity index (χ0v) is 20.6. The number of benzene rings is 1. The molecule has 9 nitrogen and oxygen atoms in total. The van der Waals surface area contributed by atoms with Crippen LogP contribution in [0.1, 0.15) is 37.6 Å². The number of aryl methyl sites for hydroxylation is 1. The first kappa shape index (κ1) is 24.5. The third-order valence-electron chi connectivity index (χ3n) is 5.31. The molecule has 0 saturated carbocycles. The number of pyridine rings is 1. The number of hydrogen-bond acceptors (Lipinski definition) is 7. The van der Waals surface area contributed by atoms with Gasteiger partial charge in [-0.15, -0.1) is 5.10 Å². The molecule has 35 heavy (non-hydrogen) atoms. The Hall–Kier alpha value is -3.61. The summed E-state index contributed by atoms with van der Waals surface area (Å²) in [5.74, 6) is 0.165. The van der Waals surface area contributed by atoms with E-state index in [-0.39, 0.29) is 17.5 Å². The molecule has 4 aromatic rings. The molecule has 4 rings (SSSR count). The maximum Gasteiger partial charge on any atom is 0.294 e. The summed E-state index contributed by atoms with van der Waals surface area (Å²) in [7, 11) is 1.46. The minimum Gasteiger partial charge on any atom is -0.468 e. The van der Waals surface area contributed by atoms with Crippen LogP contribution in [0.4, 0.5) is 20.4 Å². The number of hydrogen-bond donors (Lipinski definition) is 2. The third-order valence-corrected chi connectivity index (χ3v) is 5.78. The Labute approximate surface area is 202 Å². The number of alkyl halides is 2. The van der Waals surface area contributed by atoms with Crippen molar-refractivity contribution in [3.8, 4) is 17.6 Å². The van der Waals surface area contributed by atoms with Crippen molar-refractivity contribution < 1.29 is 18.6 Å². The topological polar surface area (TPSA) is 113 Å². The van der Waals surface area contributed by atoms with E-state index in [1.54, 1.807) is 49.0 Å². The van der Waals surface area contributed by atoms with E-state index in [0.717, 1.165) is 5.69 Å². The van der Waals surface area contributed by atoms with Crippen LogP contribution in [0, 0.1) is 18.3 Å². The number of aromatic nitrogens is 5. The number of anilines is 2. The molecular weight excluding hydrogens is 475 g/mol. The summed E-state index contributed by atoms with van der Waals surface area (Å²) in [5, 5.41) is 27.6. The van der Waals surface area contributed by atoms with Gasteiger partial charge < -0.3 is 19.7 Å². The maximum atomic E-state index is 13.7. The molecular formula is C23H24F2N7O2P. The average Bonchev–Trinajstić information content (AvgIpc) is 3.38. The molecule has 0 amide bonds. The van der Waals surface area contributed by atoms with Gasteiger partial charge in [-0.3, -0.25) is 0 Å². The van der Waals surface area contributed by atoms with E-state index in [4.69, 9.17) is 4.74 Å². The number of fused-ring (bicyclic) bond motifs is 1. The highest BCUT2D eigenvalue weighted by atomic mass is 31.0. The van der Waals surface area contributed by atoms with Crippen LogP contribution in [-0.4, -0.2) is 41.0 Å². The Balaban J connectivity index is 1.73. The molecule has 1 unspecified atom stereocenters. The number of imidazole rings is 1. The van der Waals surface area contributed by atoms with Gasteiger partial charge in [-0.05, 0) is 52.0 Å². The van der Waals surface area contributed by atoms with Crippen LogP contribution in [0.25, 0.3) is 11.3 Å². The van der Waals surface area contributed by atoms with Crippen LogP contribution in [0.15, 0.2) is 42.9 Å². The van der Waals surface area contributed by atoms with Gasteiger partial charge in [0.25, 0.3) is 5.66 Å². The Morgan fingerprint density at radius 1 is 1.26 bits per heavy atom. The molecule has 0 aliphatic heterocycles. The van der Waals surface area contributed by atoms with Crippen LogP contribution in [-0.2, 0) is 5.60 Å². The van der Waals surface area contributed by atoms with Gasteiger partial charge in [0.05, 0.1) is 28.9 Å². The first-order valence-corrected chi connectivity index (χ1v) is 11.2. The lowest BCUT2D eigenvalue weighted by molar-refractivity contribution is -0.0129. The zero-order valence-electron chi connectivity index (χ0n) is 19.5. The molecule has 0 aliphatic carbocycles. The quantitative estimate of drug-likeness (QED) is 0.365. The average molecular weight is 499 g/mol. The molecule has 12 heteroatoms. The minimum absolute atomic E-state index is 0.0340. The zero-order chi connectivity index (χ0) is 25.5. The third kappa shape index (κ3) is 5.09. The molecule has 0 fully saturated rings. The number of rotatable bonds is 7. The fourth-order valence-electron chi connectivity index (χ4n) is 3.43. The second-order valence-corrected chi connectivity index (χ2v) is 9.41. The molecule has 1 aromatic carbocycles. The number of halogens is 2. The van der Waals surface area contributed by atoms with Gasteiger partial charge >= 0.3 is 0 Å². The van der Waals surface area contributed by atoms with E-state index in [0.29, 0.717) is 22.5 Å². The van der Waals surface area contributed by atoms with E-state index in [1.807, 2.05) is 13.1 Å². The highest BCUT2D eigenvalue weighted by Gasteiger charge is 2.33. The van der Waals surface area contributed by atoms with Crippen molar-refractivity contribution in [3.63, 3.8) is 0 Å². The van der Waals surface area contributed by atoms with Crippen molar-refractivity contribution >= 4 is 26.5 Å². The number of ether oxygens (including phenoxy) is 1. The number of nitrogens with one attached hydrogen (secondary N) is 1. The first-order valence-electron chi connectivity index (χ1n) is 10.6. The van der Waals surface area contributed by atoms with Crippen molar-refractivity contribution in [1.82, 2.24) is 24.1 Å². The molecule has 0 aliphatic rings. The molecule has 182 valence electrons. The maximum absolute atomic E-state index is 13.7. The fraction of sp³-hybridized carbons (Fsp3) is 0.304. The van der Waals surface area contributed by atoms with E-state index < -0.39 is 17.4 Å². The predicted octanol–water partition coefficient (Wildman–Crippen LogP) is 4.30. The predicted molar refractivity (Wildman–Crippen MR) is 129 cm³/mol. The number of nitrogens with zero attached hydrogens (tertiary/aromatic N) is 6. The molecule has 0 spiro atoms. The van der Waals surface area contributed by atoms with Crippen LogP contribution >= 0.6 is 9.24 Å². The van der Waals surface area contributed by atoms with Crippen LogP contribution in [0.3, 0.4) is 0 Å². The van der Waals surface area contributed by atoms with Crippen molar-refractivity contribution in [2.24, 2.45) is 0 Å². The number of aliphatic hydroxyl groups is 1. The Kier molecular flexibility index (Phi) is 6.21. The summed E-state index contributed by atoms with van der Waals surface area (Å²) < 4.78 is 35.9. The molecule has 0 saturated heterocycles. The summed E-state index contributed by atoms with van der Waals surface area (Å²) in [6, 6.07) is 10.3. The van der Waals surface area contributed by atoms with Crippen LogP contribution < -0.4 is 10.1 Å². The summed E-state index contributed by atoms with van der Waals surface area (Å²) in [4.78, 5) is 8.64. The SMILES string of the molecule is Cc1cn(-c2ccc(Nc3nc4c(C(C)(C)O)ccc(O[C@@H](C)C(F)(F)P)n4n3)cc2C#N)cn1. The second kappa shape index (κ2) is 8.87. The largest absolute Gasteiger partial charge is 0.468 e. The molecule has 3 heterocycles. The molecule has 2 N–H and O–H groups in total. The van der Waals surface area contributed by atoms with Crippen molar-refractivity contribution in [3.05, 3.63) is 59.7 Å². The molecule has 2 atom stereocenters. The summed E-state index contributed by atoms with van der Waals surface area (Å²) >= 11 is 0. The first-order chi connectivity index (χ1) is 16.4. The van der Waals surface area contributed by atoms with E-state index >= 15 is 0 Å². The Bertz CT molecular complexity index is 1430. The highest BCUT2D eigenvalue weighted by molar-refractivity contribution is 7.18. The molecule has 0 radical (unpaired) electrons. The standard InChI is InChI=1S/C23H24F2N7O2P/c1-13-11-31(12-27-13)18-7-5-16(9-15(18)10-26)28-21-29-20-17(22(3,4)33)6-8-19(32(20)30-21)34-14(2)23(24,25)35/h5-9,11-12,14,33H,35H2,1-4H3,(H,28,30)/t14-/m0/s1. The minimum atomic E-state index is -3.16. The molecule has 3 aromatic heterocycles. The van der Waals surface area contributed by atoms with Gasteiger partial charge in [0.1, 0.15) is 6.07 Å². The smallest absolute Gasteiger partial charge is 0.294 e. The van der Waals surface area contributed by atoms with E-state index in [9.17, 15) is 19.1 Å². The summed E-state index contributed by atoms with van der Waals surface area (Å²) in [5.41, 5.74) is -1.36. The van der Waals surface area contributed by atoms with Crippen LogP contribution in [0.5, 0.6) is 5.88 Å². The lowest BCUT2D eigenvalue weighted by atomic mass is 10.00. The van der Waals surface area contributed by atoms with E-state index in [2.05, 4.69) is 26.5 Å². The van der Waals surface area contributed by atoms with Gasteiger partial charge in [-0.2, -0.15) is 23.5 Å². The second-order valence-electron chi connectivity index (χ2n) is 8.64. The van der Waals surface area contributed by atoms with Gasteiger partial charge in [0, 0.05) is 23.5 Å². The van der Waals surface area contributed by atoms with Crippen molar-refractivity contribution in [2.75, 3.05) is 5.32 Å². The Morgan fingerprint density at radius 2 is 2.00 bits per heavy atom. The van der Waals surface area contributed by atoms with Gasteiger partial charge in [0.2, 0.25) is 11.8 Å².